The van der Waals surface area contributed by atoms with Gasteiger partial charge in [0, 0.05) is 28.7 Å². The third kappa shape index (κ3) is 5.89. The first-order valence-electron chi connectivity index (χ1n) is 10.5. The highest BCUT2D eigenvalue weighted by atomic mass is 32.2. The van der Waals surface area contributed by atoms with Crippen molar-refractivity contribution in [2.24, 2.45) is 5.16 Å². The number of nitrogen functional groups attached to an aromatic ring is 1. The van der Waals surface area contributed by atoms with Crippen LogP contribution in [0.4, 0.5) is 5.13 Å². The number of carbonyl (C=O) groups excluding carboxylic acids is 2. The third-order valence-corrected chi connectivity index (χ3v) is 9.36. The summed E-state index contributed by atoms with van der Waals surface area (Å²) in [7, 11) is 1.27. The Morgan fingerprint density at radius 2 is 2.08 bits per heavy atom. The molecule has 4 rings (SSSR count). The maximum atomic E-state index is 12.9. The Labute approximate surface area is 226 Å². The van der Waals surface area contributed by atoms with Crippen LogP contribution in [0.3, 0.4) is 0 Å². The van der Waals surface area contributed by atoms with Gasteiger partial charge in [0.1, 0.15) is 34.3 Å². The van der Waals surface area contributed by atoms with Gasteiger partial charge in [-0.1, -0.05) is 16.9 Å². The van der Waals surface area contributed by atoms with E-state index in [1.807, 2.05) is 0 Å². The minimum atomic E-state index is -1.24. The molecule has 13 nitrogen and oxygen atoms in total. The van der Waals surface area contributed by atoms with Gasteiger partial charge in [-0.3, -0.25) is 19.3 Å². The van der Waals surface area contributed by atoms with Gasteiger partial charge < -0.3 is 26.1 Å². The normalized spacial score (nSPS) is 19.3. The lowest BCUT2D eigenvalue weighted by atomic mass is 10.0. The molecule has 4 heterocycles. The summed E-state index contributed by atoms with van der Waals surface area (Å²) in [6.45, 7) is 0. The van der Waals surface area contributed by atoms with E-state index in [0.717, 1.165) is 11.3 Å². The van der Waals surface area contributed by atoms with Gasteiger partial charge in [-0.25, -0.2) is 14.8 Å². The Kier molecular flexibility index (Phi) is 8.35. The molecule has 0 spiro atoms. The first-order chi connectivity index (χ1) is 17.7. The van der Waals surface area contributed by atoms with Crippen LogP contribution in [0.2, 0.25) is 0 Å². The van der Waals surface area contributed by atoms with Gasteiger partial charge >= 0.3 is 11.9 Å². The molecule has 0 aliphatic carbocycles. The fourth-order valence-electron chi connectivity index (χ4n) is 3.55. The second-order valence-electron chi connectivity index (χ2n) is 7.60. The number of thioether (sulfide) groups is 2. The van der Waals surface area contributed by atoms with Crippen molar-refractivity contribution >= 4 is 80.8 Å². The Balaban J connectivity index is 1.43. The number of nitrogens with one attached hydrogen (secondary N) is 1. The molecule has 196 valence electrons. The molecule has 2 aliphatic rings. The van der Waals surface area contributed by atoms with Gasteiger partial charge in [-0.05, 0) is 5.57 Å². The lowest BCUT2D eigenvalue weighted by molar-refractivity contribution is -0.150. The molecule has 5 N–H and O–H groups in total. The number of anilines is 1. The van der Waals surface area contributed by atoms with Crippen molar-refractivity contribution in [2.45, 2.75) is 28.6 Å². The number of aromatic nitrogens is 2. The number of hydrogen-bond acceptors (Lipinski definition) is 13. The number of nitrogens with zero attached hydrogens (tertiary/aromatic N) is 4. The molecule has 1 fully saturated rings. The Bertz CT molecular complexity index is 1310. The van der Waals surface area contributed by atoms with Gasteiger partial charge in [-0.2, -0.15) is 0 Å². The van der Waals surface area contributed by atoms with Crippen LogP contribution >= 0.6 is 46.2 Å². The van der Waals surface area contributed by atoms with Crippen LogP contribution in [0.15, 0.2) is 31.5 Å². The number of aliphatic carboxylic acids is 2. The molecule has 2 aliphatic heterocycles. The quantitative estimate of drug-likeness (QED) is 0.127. The van der Waals surface area contributed by atoms with E-state index in [0.29, 0.717) is 33.5 Å². The number of aryl methyl sites for hydroxylation is 1. The second-order valence-corrected chi connectivity index (χ2v) is 11.7. The summed E-state index contributed by atoms with van der Waals surface area (Å²) in [5, 5.41) is 27.9. The summed E-state index contributed by atoms with van der Waals surface area (Å²) in [6, 6.07) is -0.949. The number of nitrogens with two attached hydrogens (primary N) is 1. The summed E-state index contributed by atoms with van der Waals surface area (Å²) in [5.41, 5.74) is 6.79. The number of rotatable bonds is 11. The highest BCUT2D eigenvalue weighted by Crippen LogP contribution is 2.41. The highest BCUT2D eigenvalue weighted by molar-refractivity contribution is 8.01. The first-order valence-corrected chi connectivity index (χ1v) is 14.3. The molecule has 2 amide bonds. The summed E-state index contributed by atoms with van der Waals surface area (Å²) in [4.78, 5) is 63.0. The molecular weight excluding hydrogens is 565 g/mol. The molecular formula is C20H20N6O7S4. The van der Waals surface area contributed by atoms with Crippen molar-refractivity contribution in [3.05, 3.63) is 33.4 Å². The summed E-state index contributed by atoms with van der Waals surface area (Å²) in [6.07, 6.45) is 0.292. The van der Waals surface area contributed by atoms with E-state index in [9.17, 15) is 24.3 Å². The Morgan fingerprint density at radius 1 is 1.30 bits per heavy atom. The van der Waals surface area contributed by atoms with Crippen molar-refractivity contribution in [3.8, 4) is 0 Å². The van der Waals surface area contributed by atoms with Crippen molar-refractivity contribution in [3.63, 3.8) is 0 Å². The van der Waals surface area contributed by atoms with Crippen LogP contribution in [-0.4, -0.2) is 84.6 Å². The number of carbonyl (C=O) groups is 4. The van der Waals surface area contributed by atoms with Crippen molar-refractivity contribution in [2.75, 3.05) is 24.3 Å². The SMILES string of the molecule is CO/N=C(/C(=O)N[C@@H]1C(=O)N2C(C(=O)O)=C(CSc3nc(CCC(=O)O)cs3)CS[C@H]12)c1csc(N)n1. The molecule has 0 aromatic carbocycles. The average molecular weight is 585 g/mol. The lowest BCUT2D eigenvalue weighted by Gasteiger charge is -2.49. The number of amides is 2. The van der Waals surface area contributed by atoms with Crippen LogP contribution in [0.25, 0.3) is 0 Å². The Hall–Kier alpha value is -3.15. The van der Waals surface area contributed by atoms with Gasteiger partial charge in [0.2, 0.25) is 0 Å². The van der Waals surface area contributed by atoms with Crippen LogP contribution < -0.4 is 11.1 Å². The van der Waals surface area contributed by atoms with E-state index in [2.05, 4.69) is 20.4 Å². The van der Waals surface area contributed by atoms with E-state index in [-0.39, 0.29) is 28.7 Å². The molecule has 2 aromatic rings. The molecule has 0 radical (unpaired) electrons. The lowest BCUT2D eigenvalue weighted by Crippen LogP contribution is -2.71. The second kappa shape index (κ2) is 11.5. The average Bonchev–Trinajstić information content (AvgIpc) is 3.50. The van der Waals surface area contributed by atoms with E-state index >= 15 is 0 Å². The molecule has 2 aromatic heterocycles. The molecule has 0 bridgehead atoms. The maximum absolute atomic E-state index is 12.9. The number of carboxylic acid groups (broad SMARTS) is 2. The molecule has 37 heavy (non-hydrogen) atoms. The number of hydrogen-bond donors (Lipinski definition) is 4. The van der Waals surface area contributed by atoms with E-state index < -0.39 is 35.2 Å². The van der Waals surface area contributed by atoms with Crippen molar-refractivity contribution in [1.29, 1.82) is 0 Å². The number of carboxylic acids is 2. The maximum Gasteiger partial charge on any atom is 0.352 e. The van der Waals surface area contributed by atoms with Crippen LogP contribution in [0.1, 0.15) is 17.8 Å². The van der Waals surface area contributed by atoms with Crippen LogP contribution in [0, 0.1) is 0 Å². The standard InChI is InChI=1S/C20H20N6O7S4/c1-33-25-12(10-7-35-19(21)23-10)15(29)24-13-16(30)26-14(18(31)32)8(4-34-17(13)26)5-36-20-22-9(6-37-20)2-3-11(27)28/h6-7,13,17H,2-5H2,1H3,(H2,21,23)(H,24,29)(H,27,28)(H,31,32)/b25-12+/t13-,17-/m1/s1. The minimum absolute atomic E-state index is 0.0222. The molecule has 2 atom stereocenters. The van der Waals surface area contributed by atoms with Gasteiger partial charge in [-0.15, -0.1) is 34.4 Å². The summed E-state index contributed by atoms with van der Waals surface area (Å²) in [5.74, 6) is -2.75. The van der Waals surface area contributed by atoms with E-state index in [4.69, 9.17) is 15.7 Å². The van der Waals surface area contributed by atoms with E-state index in [1.54, 1.807) is 5.38 Å². The fraction of sp³-hybridized carbons (Fsp3) is 0.350. The largest absolute Gasteiger partial charge is 0.481 e. The number of thiazole rings is 2. The predicted octanol–water partition coefficient (Wildman–Crippen LogP) is 1.08. The zero-order valence-electron chi connectivity index (χ0n) is 19.1. The monoisotopic (exact) mass is 584 g/mol. The number of fused-ring (bicyclic) bond motifs is 1. The fourth-order valence-corrected chi connectivity index (χ4v) is 7.46. The predicted molar refractivity (Wildman–Crippen MR) is 139 cm³/mol. The Morgan fingerprint density at radius 3 is 2.73 bits per heavy atom. The van der Waals surface area contributed by atoms with Gasteiger partial charge in [0.05, 0.1) is 12.1 Å². The first kappa shape index (κ1) is 26.9. The number of β-lactam (4-membered cyclic amide) rings is 1. The zero-order chi connectivity index (χ0) is 26.7. The molecule has 0 unspecified atom stereocenters. The highest BCUT2D eigenvalue weighted by Gasteiger charge is 2.54. The molecule has 0 saturated carbocycles. The third-order valence-electron chi connectivity index (χ3n) is 5.19. The topological polar surface area (TPSA) is 197 Å². The summed E-state index contributed by atoms with van der Waals surface area (Å²) >= 11 is 5.13. The molecule has 1 saturated heterocycles. The van der Waals surface area contributed by atoms with Gasteiger partial charge in [0.15, 0.2) is 10.8 Å². The van der Waals surface area contributed by atoms with Gasteiger partial charge in [0.25, 0.3) is 11.8 Å². The molecule has 17 heteroatoms. The smallest absolute Gasteiger partial charge is 0.352 e. The van der Waals surface area contributed by atoms with Crippen molar-refractivity contribution in [1.82, 2.24) is 20.2 Å². The minimum Gasteiger partial charge on any atom is -0.481 e. The zero-order valence-corrected chi connectivity index (χ0v) is 22.3. The summed E-state index contributed by atoms with van der Waals surface area (Å²) < 4.78 is 0.678. The van der Waals surface area contributed by atoms with Crippen LogP contribution in [0.5, 0.6) is 0 Å². The van der Waals surface area contributed by atoms with E-state index in [1.165, 1.54) is 52.3 Å². The van der Waals surface area contributed by atoms with Crippen LogP contribution in [-0.2, 0) is 30.4 Å². The number of oxime groups is 1. The van der Waals surface area contributed by atoms with Crippen molar-refractivity contribution < 1.29 is 34.2 Å².